The van der Waals surface area contributed by atoms with Crippen LogP contribution in [0, 0.1) is 0 Å². The van der Waals surface area contributed by atoms with Gasteiger partial charge in [-0.25, -0.2) is 9.67 Å². The minimum Gasteiger partial charge on any atom is -0.467 e. The molecule has 0 bridgehead atoms. The van der Waals surface area contributed by atoms with Crippen LogP contribution in [0.4, 0.5) is 18.9 Å². The second-order valence-corrected chi connectivity index (χ2v) is 10.5. The average Bonchev–Trinajstić information content (AvgIpc) is 3.40. The second kappa shape index (κ2) is 10.7. The van der Waals surface area contributed by atoms with Crippen LogP contribution in [0.3, 0.4) is 0 Å². The van der Waals surface area contributed by atoms with Crippen LogP contribution in [0.15, 0.2) is 41.5 Å². The van der Waals surface area contributed by atoms with E-state index in [0.29, 0.717) is 6.54 Å². The lowest BCUT2D eigenvalue weighted by molar-refractivity contribution is -0.154. The fourth-order valence-corrected chi connectivity index (χ4v) is 5.29. The molecule has 0 aliphatic carbocycles. The molecule has 1 unspecified atom stereocenters. The highest BCUT2D eigenvalue weighted by Gasteiger charge is 2.35. The highest BCUT2D eigenvalue weighted by molar-refractivity contribution is 8.15. The van der Waals surface area contributed by atoms with Crippen molar-refractivity contribution < 1.29 is 22.7 Å². The zero-order valence-electron chi connectivity index (χ0n) is 18.1. The van der Waals surface area contributed by atoms with E-state index < -0.39 is 24.6 Å². The summed E-state index contributed by atoms with van der Waals surface area (Å²) in [5.74, 6) is -1.25. The normalized spacial score (nSPS) is 15.7. The maximum absolute atomic E-state index is 14.0. The standard InChI is InChI=1S/C21H14Cl4F3N5O2S/c1-10-8-30-20(36-10)32(17-13(24)5-11(22)6-14(17)25)19(34)15-7-16(35-9-21(26,27)28)31-33(15)18-12(23)3-2-4-29-18/h2-7,10H,8-9H2,1H3. The molecule has 7 nitrogen and oxygen atoms in total. The van der Waals surface area contributed by atoms with Crippen LogP contribution in [0.2, 0.25) is 20.1 Å². The first kappa shape index (κ1) is 26.9. The fraction of sp³-hybridized carbons (Fsp3) is 0.238. The molecule has 190 valence electrons. The highest BCUT2D eigenvalue weighted by Crippen LogP contribution is 2.40. The summed E-state index contributed by atoms with van der Waals surface area (Å²) >= 11 is 26.5. The Hall–Kier alpha value is -2.18. The van der Waals surface area contributed by atoms with E-state index >= 15 is 0 Å². The number of carbonyl (C=O) groups is 1. The first-order chi connectivity index (χ1) is 16.9. The number of hydrogen-bond acceptors (Lipinski definition) is 6. The Bertz CT molecular complexity index is 1330. The van der Waals surface area contributed by atoms with Crippen LogP contribution in [0.1, 0.15) is 17.4 Å². The van der Waals surface area contributed by atoms with E-state index in [1.54, 1.807) is 6.07 Å². The van der Waals surface area contributed by atoms with Gasteiger partial charge in [-0.15, -0.1) is 5.10 Å². The van der Waals surface area contributed by atoms with Gasteiger partial charge in [0.2, 0.25) is 5.88 Å². The van der Waals surface area contributed by atoms with Crippen LogP contribution in [0.25, 0.3) is 5.82 Å². The molecule has 0 N–H and O–H groups in total. The number of benzene rings is 1. The summed E-state index contributed by atoms with van der Waals surface area (Å²) in [6, 6.07) is 6.88. The molecule has 3 aromatic rings. The molecule has 0 fully saturated rings. The molecule has 1 aliphatic heterocycles. The number of rotatable bonds is 5. The predicted octanol–water partition coefficient (Wildman–Crippen LogP) is 6.96. The topological polar surface area (TPSA) is 72.6 Å². The Balaban J connectivity index is 1.87. The lowest BCUT2D eigenvalue weighted by atomic mass is 10.2. The van der Waals surface area contributed by atoms with E-state index in [4.69, 9.17) is 51.1 Å². The van der Waals surface area contributed by atoms with Crippen molar-refractivity contribution in [3.63, 3.8) is 0 Å². The van der Waals surface area contributed by atoms with Gasteiger partial charge in [-0.2, -0.15) is 13.2 Å². The van der Waals surface area contributed by atoms with Gasteiger partial charge < -0.3 is 4.74 Å². The maximum Gasteiger partial charge on any atom is 0.422 e. The Morgan fingerprint density at radius 3 is 2.47 bits per heavy atom. The van der Waals surface area contributed by atoms with Crippen molar-refractivity contribution in [3.05, 3.63) is 62.3 Å². The molecule has 0 spiro atoms. The summed E-state index contributed by atoms with van der Waals surface area (Å²) in [6.07, 6.45) is -3.24. The maximum atomic E-state index is 14.0. The molecule has 0 saturated heterocycles. The van der Waals surface area contributed by atoms with Crippen molar-refractivity contribution >= 4 is 74.9 Å². The molecule has 1 amide bonds. The smallest absolute Gasteiger partial charge is 0.422 e. The minimum atomic E-state index is -4.63. The molecular weight excluding hydrogens is 585 g/mol. The summed E-state index contributed by atoms with van der Waals surface area (Å²) in [7, 11) is 0. The van der Waals surface area contributed by atoms with Gasteiger partial charge >= 0.3 is 6.18 Å². The SMILES string of the molecule is CC1CN=C(N(C(=O)c2cc(OCC(F)(F)F)nn2-c2ncccc2Cl)c2c(Cl)cc(Cl)cc2Cl)S1. The number of alkyl halides is 3. The Morgan fingerprint density at radius 1 is 1.19 bits per heavy atom. The number of nitrogens with zero attached hydrogens (tertiary/aromatic N) is 5. The quantitative estimate of drug-likeness (QED) is 0.317. The van der Waals surface area contributed by atoms with E-state index in [1.807, 2.05) is 6.92 Å². The van der Waals surface area contributed by atoms with Gasteiger partial charge in [0, 0.05) is 22.5 Å². The van der Waals surface area contributed by atoms with Crippen LogP contribution in [-0.2, 0) is 0 Å². The molecule has 2 aromatic heterocycles. The number of pyridine rings is 1. The molecule has 1 atom stereocenters. The summed E-state index contributed by atoms with van der Waals surface area (Å²) in [5, 5.41) is 4.76. The lowest BCUT2D eigenvalue weighted by Crippen LogP contribution is -2.36. The van der Waals surface area contributed by atoms with Crippen molar-refractivity contribution in [1.82, 2.24) is 14.8 Å². The van der Waals surface area contributed by atoms with Crippen LogP contribution >= 0.6 is 58.2 Å². The molecule has 0 saturated carbocycles. The van der Waals surface area contributed by atoms with Crippen LogP contribution < -0.4 is 9.64 Å². The van der Waals surface area contributed by atoms with E-state index in [1.165, 1.54) is 36.2 Å². The number of hydrogen-bond donors (Lipinski definition) is 0. The first-order valence-corrected chi connectivity index (χ1v) is 12.4. The van der Waals surface area contributed by atoms with E-state index in [0.717, 1.165) is 15.6 Å². The predicted molar refractivity (Wildman–Crippen MR) is 136 cm³/mol. The molecule has 36 heavy (non-hydrogen) atoms. The molecule has 4 rings (SSSR count). The Kier molecular flexibility index (Phi) is 7.96. The average molecular weight is 599 g/mol. The van der Waals surface area contributed by atoms with Crippen LogP contribution in [-0.4, -0.2) is 50.4 Å². The highest BCUT2D eigenvalue weighted by atomic mass is 35.5. The van der Waals surface area contributed by atoms with Gasteiger partial charge in [0.25, 0.3) is 5.91 Å². The molecule has 3 heterocycles. The number of ether oxygens (including phenoxy) is 1. The van der Waals surface area contributed by atoms with Gasteiger partial charge in [0.15, 0.2) is 17.6 Å². The van der Waals surface area contributed by atoms with Gasteiger partial charge in [0.05, 0.1) is 27.3 Å². The molecule has 1 aromatic carbocycles. The molecular formula is C21H14Cl4F3N5O2S. The number of anilines is 1. The first-order valence-electron chi connectivity index (χ1n) is 10.0. The fourth-order valence-electron chi connectivity index (χ4n) is 3.16. The molecule has 1 aliphatic rings. The van der Waals surface area contributed by atoms with Crippen molar-refractivity contribution in [1.29, 1.82) is 0 Å². The number of halogens is 7. The van der Waals surface area contributed by atoms with E-state index in [2.05, 4.69) is 15.1 Å². The monoisotopic (exact) mass is 597 g/mol. The van der Waals surface area contributed by atoms with Crippen molar-refractivity contribution in [2.45, 2.75) is 18.3 Å². The van der Waals surface area contributed by atoms with Gasteiger partial charge in [0.1, 0.15) is 5.69 Å². The molecule has 0 radical (unpaired) electrons. The van der Waals surface area contributed by atoms with Crippen molar-refractivity contribution in [2.24, 2.45) is 4.99 Å². The zero-order chi connectivity index (χ0) is 26.2. The third-order valence-corrected chi connectivity index (χ3v) is 6.78. The molecule has 15 heteroatoms. The largest absolute Gasteiger partial charge is 0.467 e. The summed E-state index contributed by atoms with van der Waals surface area (Å²) in [5.41, 5.74) is -0.136. The minimum absolute atomic E-state index is 0.00740. The van der Waals surface area contributed by atoms with Gasteiger partial charge in [-0.1, -0.05) is 65.1 Å². The summed E-state index contributed by atoms with van der Waals surface area (Å²) in [6.45, 7) is 0.708. The Labute approximate surface area is 227 Å². The third-order valence-electron chi connectivity index (χ3n) is 4.62. The van der Waals surface area contributed by atoms with Gasteiger partial charge in [-0.3, -0.25) is 14.7 Å². The Morgan fingerprint density at radius 2 is 1.89 bits per heavy atom. The number of thioether (sulfide) groups is 1. The van der Waals surface area contributed by atoms with Crippen LogP contribution in [0.5, 0.6) is 5.88 Å². The number of amides is 1. The summed E-state index contributed by atoms with van der Waals surface area (Å²) in [4.78, 5) is 23.7. The van der Waals surface area contributed by atoms with Crippen molar-refractivity contribution in [3.8, 4) is 11.7 Å². The number of aliphatic imine (C=N–C) groups is 1. The number of aromatic nitrogens is 3. The summed E-state index contributed by atoms with van der Waals surface area (Å²) < 4.78 is 44.1. The lowest BCUT2D eigenvalue weighted by Gasteiger charge is -2.24. The zero-order valence-corrected chi connectivity index (χ0v) is 21.9. The number of amidine groups is 1. The van der Waals surface area contributed by atoms with E-state index in [9.17, 15) is 18.0 Å². The third kappa shape index (κ3) is 5.86. The van der Waals surface area contributed by atoms with Gasteiger partial charge in [-0.05, 0) is 24.3 Å². The number of carbonyl (C=O) groups excluding carboxylic acids is 1. The second-order valence-electron chi connectivity index (χ2n) is 7.40. The van der Waals surface area contributed by atoms with Crippen molar-refractivity contribution in [2.75, 3.05) is 18.1 Å². The van der Waals surface area contributed by atoms with E-state index in [-0.39, 0.29) is 47.7 Å².